The smallest absolute Gasteiger partial charge is 0.155 e. The molecule has 2 unspecified atom stereocenters. The lowest BCUT2D eigenvalue weighted by Gasteiger charge is -2.35. The number of aryl methyl sites for hydroxylation is 1. The highest BCUT2D eigenvalue weighted by Crippen LogP contribution is 2.26. The molecule has 2 fully saturated rings. The van der Waals surface area contributed by atoms with Crippen LogP contribution in [0.25, 0.3) is 5.65 Å². The Morgan fingerprint density at radius 1 is 1.33 bits per heavy atom. The number of nitrogens with zero attached hydrogens (tertiary/aromatic N) is 4. The van der Waals surface area contributed by atoms with Crippen molar-refractivity contribution in [3.63, 3.8) is 0 Å². The molecule has 2 aromatic heterocycles. The van der Waals surface area contributed by atoms with Gasteiger partial charge >= 0.3 is 0 Å². The van der Waals surface area contributed by atoms with Gasteiger partial charge in [-0.05, 0) is 45.7 Å². The van der Waals surface area contributed by atoms with Gasteiger partial charge in [0.2, 0.25) is 0 Å². The molecule has 0 spiro atoms. The molecule has 4 rings (SSSR count). The highest BCUT2D eigenvalue weighted by molar-refractivity contribution is 5.38. The molecular formula is C16H23N5. The molecule has 5 heteroatoms. The molecular weight excluding hydrogens is 262 g/mol. The Hall–Kier alpha value is -1.46. The van der Waals surface area contributed by atoms with Gasteiger partial charge in [0.1, 0.15) is 0 Å². The summed E-state index contributed by atoms with van der Waals surface area (Å²) in [4.78, 5) is 7.14. The number of hydrogen-bond acceptors (Lipinski definition) is 4. The third-order valence-corrected chi connectivity index (χ3v) is 4.90. The maximum absolute atomic E-state index is 4.47. The highest BCUT2D eigenvalue weighted by Gasteiger charge is 2.31. The van der Waals surface area contributed by atoms with Crippen molar-refractivity contribution >= 4 is 5.65 Å². The van der Waals surface area contributed by atoms with Crippen molar-refractivity contribution in [1.82, 2.24) is 24.8 Å². The lowest BCUT2D eigenvalue weighted by molar-refractivity contribution is 0.166. The molecule has 2 aromatic rings. The van der Waals surface area contributed by atoms with Crippen LogP contribution >= 0.6 is 0 Å². The van der Waals surface area contributed by atoms with Crippen LogP contribution < -0.4 is 5.32 Å². The van der Waals surface area contributed by atoms with E-state index in [-0.39, 0.29) is 0 Å². The Bertz CT molecular complexity index is 635. The number of rotatable bonds is 3. The number of aromatic nitrogens is 3. The first-order valence-electron chi connectivity index (χ1n) is 8.06. The van der Waals surface area contributed by atoms with Gasteiger partial charge in [0.15, 0.2) is 5.65 Å². The number of hydrogen-bond donors (Lipinski definition) is 1. The van der Waals surface area contributed by atoms with E-state index in [0.29, 0.717) is 6.04 Å². The van der Waals surface area contributed by atoms with Crippen molar-refractivity contribution in [2.75, 3.05) is 13.1 Å². The molecule has 1 N–H and O–H groups in total. The van der Waals surface area contributed by atoms with Crippen LogP contribution in [0, 0.1) is 6.92 Å². The number of fused-ring (bicyclic) bond motifs is 2. The van der Waals surface area contributed by atoms with E-state index < -0.39 is 0 Å². The van der Waals surface area contributed by atoms with Gasteiger partial charge in [0, 0.05) is 42.7 Å². The Kier molecular flexibility index (Phi) is 3.39. The third-order valence-electron chi connectivity index (χ3n) is 4.90. The summed E-state index contributed by atoms with van der Waals surface area (Å²) < 4.78 is 1.88. The van der Waals surface area contributed by atoms with Gasteiger partial charge in [0.05, 0.1) is 5.69 Å². The molecule has 112 valence electrons. The second-order valence-corrected chi connectivity index (χ2v) is 6.48. The maximum atomic E-state index is 4.47. The fourth-order valence-electron chi connectivity index (χ4n) is 3.80. The molecule has 2 saturated heterocycles. The van der Waals surface area contributed by atoms with Crippen LogP contribution in [0.5, 0.6) is 0 Å². The minimum Gasteiger partial charge on any atom is -0.310 e. The Labute approximate surface area is 125 Å². The Morgan fingerprint density at radius 2 is 2.29 bits per heavy atom. The van der Waals surface area contributed by atoms with E-state index in [9.17, 15) is 0 Å². The molecule has 2 aliphatic heterocycles. The van der Waals surface area contributed by atoms with E-state index in [0.717, 1.165) is 23.9 Å². The zero-order valence-electron chi connectivity index (χ0n) is 12.6. The molecule has 5 nitrogen and oxygen atoms in total. The molecule has 0 radical (unpaired) electrons. The second kappa shape index (κ2) is 5.39. The summed E-state index contributed by atoms with van der Waals surface area (Å²) in [6.07, 6.45) is 9.40. The highest BCUT2D eigenvalue weighted by atomic mass is 15.2. The normalized spacial score (nSPS) is 26.3. The van der Waals surface area contributed by atoms with Gasteiger partial charge in [-0.1, -0.05) is 0 Å². The quantitative estimate of drug-likeness (QED) is 0.933. The summed E-state index contributed by atoms with van der Waals surface area (Å²) in [5.41, 5.74) is 3.15. The lowest BCUT2D eigenvalue weighted by Crippen LogP contribution is -2.45. The second-order valence-electron chi connectivity index (χ2n) is 6.48. The molecule has 0 bridgehead atoms. The number of piperidine rings is 1. The van der Waals surface area contributed by atoms with E-state index in [1.54, 1.807) is 0 Å². The van der Waals surface area contributed by atoms with Crippen molar-refractivity contribution in [2.45, 2.75) is 51.2 Å². The zero-order chi connectivity index (χ0) is 14.2. The van der Waals surface area contributed by atoms with Gasteiger partial charge in [-0.25, -0.2) is 9.50 Å². The molecule has 2 atom stereocenters. The fourth-order valence-corrected chi connectivity index (χ4v) is 3.80. The van der Waals surface area contributed by atoms with Crippen LogP contribution in [0.3, 0.4) is 0 Å². The molecule has 0 saturated carbocycles. The van der Waals surface area contributed by atoms with Gasteiger partial charge in [-0.3, -0.25) is 0 Å². The molecule has 21 heavy (non-hydrogen) atoms. The van der Waals surface area contributed by atoms with Crippen LogP contribution in [0.4, 0.5) is 0 Å². The van der Waals surface area contributed by atoms with Crippen LogP contribution in [0.2, 0.25) is 0 Å². The monoisotopic (exact) mass is 285 g/mol. The minimum atomic E-state index is 0.652. The summed E-state index contributed by atoms with van der Waals surface area (Å²) >= 11 is 0. The van der Waals surface area contributed by atoms with Gasteiger partial charge in [-0.15, -0.1) is 0 Å². The summed E-state index contributed by atoms with van der Waals surface area (Å²) in [5.74, 6) is 0. The van der Waals surface area contributed by atoms with E-state index in [1.165, 1.54) is 44.3 Å². The molecule has 0 aliphatic carbocycles. The van der Waals surface area contributed by atoms with Crippen LogP contribution in [0.15, 0.2) is 18.5 Å². The molecule has 0 amide bonds. The first-order valence-corrected chi connectivity index (χ1v) is 8.06. The molecule has 0 aromatic carbocycles. The Balaban J connectivity index is 1.39. The third kappa shape index (κ3) is 2.68. The average Bonchev–Trinajstić information content (AvgIpc) is 3.08. The predicted molar refractivity (Wildman–Crippen MR) is 82.2 cm³/mol. The van der Waals surface area contributed by atoms with Gasteiger partial charge < -0.3 is 10.2 Å². The van der Waals surface area contributed by atoms with Gasteiger partial charge in [-0.2, -0.15) is 5.10 Å². The fraction of sp³-hybridized carbons (Fsp3) is 0.625. The predicted octanol–water partition coefficient (Wildman–Crippen LogP) is 1.75. The van der Waals surface area contributed by atoms with E-state index in [2.05, 4.69) is 26.5 Å². The van der Waals surface area contributed by atoms with Crippen molar-refractivity contribution in [2.24, 2.45) is 0 Å². The zero-order valence-corrected chi connectivity index (χ0v) is 12.6. The standard InChI is InChI=1S/C16H23N5/c1-12-7-16-18-10-13(11-21(16)19-12)9-17-14-4-6-20-5-2-3-15(20)8-14/h7,10-11,14-15,17H,2-6,8-9H2,1H3. The van der Waals surface area contributed by atoms with Crippen LogP contribution in [-0.2, 0) is 6.54 Å². The summed E-state index contributed by atoms with van der Waals surface area (Å²) in [7, 11) is 0. The largest absolute Gasteiger partial charge is 0.310 e. The number of nitrogens with one attached hydrogen (secondary N) is 1. The van der Waals surface area contributed by atoms with E-state index in [1.807, 2.05) is 23.7 Å². The van der Waals surface area contributed by atoms with Crippen LogP contribution in [0.1, 0.15) is 36.9 Å². The summed E-state index contributed by atoms with van der Waals surface area (Å²) in [6, 6.07) is 3.48. The van der Waals surface area contributed by atoms with Crippen LogP contribution in [-0.4, -0.2) is 44.7 Å². The first kappa shape index (κ1) is 13.2. The van der Waals surface area contributed by atoms with Crippen molar-refractivity contribution in [1.29, 1.82) is 0 Å². The Morgan fingerprint density at radius 3 is 3.24 bits per heavy atom. The summed E-state index contributed by atoms with van der Waals surface area (Å²) in [6.45, 7) is 5.47. The lowest BCUT2D eigenvalue weighted by atomic mass is 9.97. The molecule has 2 aliphatic rings. The topological polar surface area (TPSA) is 45.5 Å². The van der Waals surface area contributed by atoms with Crippen molar-refractivity contribution < 1.29 is 0 Å². The van der Waals surface area contributed by atoms with E-state index in [4.69, 9.17) is 0 Å². The summed E-state index contributed by atoms with van der Waals surface area (Å²) in [5, 5.41) is 8.15. The maximum Gasteiger partial charge on any atom is 0.155 e. The molecule has 4 heterocycles. The average molecular weight is 285 g/mol. The van der Waals surface area contributed by atoms with E-state index >= 15 is 0 Å². The van der Waals surface area contributed by atoms with Crippen molar-refractivity contribution in [3.05, 3.63) is 29.7 Å². The SMILES string of the molecule is Cc1cc2ncc(CNC3CCN4CCCC4C3)cn2n1. The minimum absolute atomic E-state index is 0.652. The first-order chi connectivity index (χ1) is 10.3. The van der Waals surface area contributed by atoms with Gasteiger partial charge in [0.25, 0.3) is 0 Å². The van der Waals surface area contributed by atoms with Crippen molar-refractivity contribution in [3.8, 4) is 0 Å².